The third-order valence-electron chi connectivity index (χ3n) is 3.26. The highest BCUT2D eigenvalue weighted by molar-refractivity contribution is 6.35. The van der Waals surface area contributed by atoms with Crippen molar-refractivity contribution < 1.29 is 9.53 Å². The Bertz CT molecular complexity index is 686. The van der Waals surface area contributed by atoms with Gasteiger partial charge in [-0.25, -0.2) is 0 Å². The third-order valence-corrected chi connectivity index (χ3v) is 3.79. The predicted molar refractivity (Wildman–Crippen MR) is 91.1 cm³/mol. The van der Waals surface area contributed by atoms with Crippen LogP contribution in [0.3, 0.4) is 0 Å². The van der Waals surface area contributed by atoms with Gasteiger partial charge in [-0.15, -0.1) is 0 Å². The van der Waals surface area contributed by atoms with Crippen molar-refractivity contribution in [1.29, 1.82) is 0 Å². The Labute approximate surface area is 140 Å². The van der Waals surface area contributed by atoms with Crippen LogP contribution in [0.25, 0.3) is 0 Å². The molecular formula is C17H17Cl2NO2. The number of ether oxygens (including phenoxy) is 1. The van der Waals surface area contributed by atoms with Crippen molar-refractivity contribution in [2.45, 2.75) is 20.3 Å². The summed E-state index contributed by atoms with van der Waals surface area (Å²) in [4.78, 5) is 12.1. The summed E-state index contributed by atoms with van der Waals surface area (Å²) in [7, 11) is 0. The molecule has 0 saturated heterocycles. The van der Waals surface area contributed by atoms with Gasteiger partial charge >= 0.3 is 0 Å². The van der Waals surface area contributed by atoms with Crippen molar-refractivity contribution in [2.75, 3.05) is 11.9 Å². The third kappa shape index (κ3) is 4.15. The van der Waals surface area contributed by atoms with Gasteiger partial charge in [-0.05, 0) is 42.7 Å². The molecule has 0 aliphatic carbocycles. The maximum absolute atomic E-state index is 12.1. The van der Waals surface area contributed by atoms with Gasteiger partial charge in [0.2, 0.25) is 0 Å². The average molecular weight is 338 g/mol. The quantitative estimate of drug-likeness (QED) is 0.844. The molecule has 0 unspecified atom stereocenters. The lowest BCUT2D eigenvalue weighted by molar-refractivity contribution is -0.118. The van der Waals surface area contributed by atoms with Crippen LogP contribution in [-0.4, -0.2) is 12.5 Å². The SMILES string of the molecule is CCc1cccc(C)c1NC(=O)COc1ccc(Cl)cc1Cl. The van der Waals surface area contributed by atoms with Gasteiger partial charge in [-0.1, -0.05) is 48.3 Å². The number of aryl methyl sites for hydroxylation is 2. The fourth-order valence-electron chi connectivity index (χ4n) is 2.11. The molecule has 0 aliphatic rings. The van der Waals surface area contributed by atoms with Crippen LogP contribution >= 0.6 is 23.2 Å². The normalized spacial score (nSPS) is 10.4. The number of nitrogens with one attached hydrogen (secondary N) is 1. The molecule has 0 radical (unpaired) electrons. The smallest absolute Gasteiger partial charge is 0.262 e. The summed E-state index contributed by atoms with van der Waals surface area (Å²) in [5.41, 5.74) is 2.97. The highest BCUT2D eigenvalue weighted by atomic mass is 35.5. The maximum atomic E-state index is 12.1. The second-order valence-electron chi connectivity index (χ2n) is 4.87. The number of anilines is 1. The summed E-state index contributed by atoms with van der Waals surface area (Å²) < 4.78 is 5.44. The van der Waals surface area contributed by atoms with Crippen molar-refractivity contribution in [2.24, 2.45) is 0 Å². The molecule has 0 spiro atoms. The monoisotopic (exact) mass is 337 g/mol. The molecule has 0 fully saturated rings. The number of benzene rings is 2. The van der Waals surface area contributed by atoms with Crippen LogP contribution in [-0.2, 0) is 11.2 Å². The lowest BCUT2D eigenvalue weighted by Gasteiger charge is -2.13. The second-order valence-corrected chi connectivity index (χ2v) is 5.72. The van der Waals surface area contributed by atoms with Crippen LogP contribution in [0, 0.1) is 6.92 Å². The molecule has 5 heteroatoms. The number of rotatable bonds is 5. The summed E-state index contributed by atoms with van der Waals surface area (Å²) >= 11 is 11.8. The van der Waals surface area contributed by atoms with E-state index in [9.17, 15) is 4.79 Å². The molecule has 0 aliphatic heterocycles. The van der Waals surface area contributed by atoms with E-state index >= 15 is 0 Å². The first-order valence-corrected chi connectivity index (χ1v) is 7.73. The number of carbonyl (C=O) groups excluding carboxylic acids is 1. The zero-order chi connectivity index (χ0) is 16.1. The van der Waals surface area contributed by atoms with E-state index in [1.54, 1.807) is 18.2 Å². The predicted octanol–water partition coefficient (Wildman–Crippen LogP) is 4.88. The van der Waals surface area contributed by atoms with E-state index in [1.807, 2.05) is 25.1 Å². The van der Waals surface area contributed by atoms with E-state index in [2.05, 4.69) is 12.2 Å². The molecule has 2 aromatic carbocycles. The van der Waals surface area contributed by atoms with E-state index in [4.69, 9.17) is 27.9 Å². The van der Waals surface area contributed by atoms with Gasteiger partial charge in [0, 0.05) is 10.7 Å². The number of carbonyl (C=O) groups is 1. The number of para-hydroxylation sites is 1. The molecule has 1 amide bonds. The summed E-state index contributed by atoms with van der Waals surface area (Å²) in [5, 5.41) is 3.80. The molecule has 116 valence electrons. The average Bonchev–Trinajstić information content (AvgIpc) is 2.48. The van der Waals surface area contributed by atoms with E-state index in [0.29, 0.717) is 15.8 Å². The van der Waals surface area contributed by atoms with Crippen LogP contribution in [0.15, 0.2) is 36.4 Å². The van der Waals surface area contributed by atoms with Crippen molar-refractivity contribution >= 4 is 34.8 Å². The van der Waals surface area contributed by atoms with Gasteiger partial charge in [0.1, 0.15) is 5.75 Å². The molecule has 0 aromatic heterocycles. The molecule has 0 heterocycles. The van der Waals surface area contributed by atoms with E-state index in [1.165, 1.54) is 0 Å². The van der Waals surface area contributed by atoms with Crippen LogP contribution in [0.2, 0.25) is 10.0 Å². The van der Waals surface area contributed by atoms with Gasteiger partial charge in [0.05, 0.1) is 5.02 Å². The minimum atomic E-state index is -0.227. The van der Waals surface area contributed by atoms with Crippen LogP contribution in [0.5, 0.6) is 5.75 Å². The Morgan fingerprint density at radius 3 is 2.68 bits per heavy atom. The summed E-state index contributed by atoms with van der Waals surface area (Å²) in [6.07, 6.45) is 0.848. The molecule has 3 nitrogen and oxygen atoms in total. The first kappa shape index (κ1) is 16.7. The molecule has 2 rings (SSSR count). The lowest BCUT2D eigenvalue weighted by atomic mass is 10.1. The van der Waals surface area contributed by atoms with Crippen LogP contribution < -0.4 is 10.1 Å². The zero-order valence-corrected chi connectivity index (χ0v) is 14.0. The Balaban J connectivity index is 2.02. The molecule has 0 bridgehead atoms. The number of hydrogen-bond acceptors (Lipinski definition) is 2. The number of halogens is 2. The molecular weight excluding hydrogens is 321 g/mol. The first-order chi connectivity index (χ1) is 10.5. The van der Waals surface area contributed by atoms with Crippen molar-refractivity contribution in [3.8, 4) is 5.75 Å². The molecule has 2 aromatic rings. The Kier molecular flexibility index (Phi) is 5.69. The number of hydrogen-bond donors (Lipinski definition) is 1. The van der Waals surface area contributed by atoms with Crippen molar-refractivity contribution in [3.05, 3.63) is 57.6 Å². The Hall–Kier alpha value is -1.71. The highest BCUT2D eigenvalue weighted by Crippen LogP contribution is 2.27. The second kappa shape index (κ2) is 7.52. The van der Waals surface area contributed by atoms with Crippen LogP contribution in [0.1, 0.15) is 18.1 Å². The topological polar surface area (TPSA) is 38.3 Å². The number of amides is 1. The zero-order valence-electron chi connectivity index (χ0n) is 12.5. The standard InChI is InChI=1S/C17H17Cl2NO2/c1-3-12-6-4-5-11(2)17(12)20-16(21)10-22-15-8-7-13(18)9-14(15)19/h4-9H,3,10H2,1-2H3,(H,20,21). The van der Waals surface area contributed by atoms with Gasteiger partial charge in [0.25, 0.3) is 5.91 Å². The minimum absolute atomic E-state index is 0.112. The minimum Gasteiger partial charge on any atom is -0.482 e. The molecule has 22 heavy (non-hydrogen) atoms. The largest absolute Gasteiger partial charge is 0.482 e. The summed E-state index contributed by atoms with van der Waals surface area (Å²) in [5.74, 6) is 0.205. The van der Waals surface area contributed by atoms with Crippen molar-refractivity contribution in [3.63, 3.8) is 0 Å². The molecule has 0 saturated carbocycles. The van der Waals surface area contributed by atoms with E-state index < -0.39 is 0 Å². The Morgan fingerprint density at radius 2 is 2.00 bits per heavy atom. The van der Waals surface area contributed by atoms with Gasteiger partial charge < -0.3 is 10.1 Å². The molecule has 1 N–H and O–H groups in total. The summed E-state index contributed by atoms with van der Waals surface area (Å²) in [6, 6.07) is 10.8. The molecule has 0 atom stereocenters. The van der Waals surface area contributed by atoms with Gasteiger partial charge in [0.15, 0.2) is 6.61 Å². The maximum Gasteiger partial charge on any atom is 0.262 e. The first-order valence-electron chi connectivity index (χ1n) is 6.97. The van der Waals surface area contributed by atoms with Gasteiger partial charge in [-0.3, -0.25) is 4.79 Å². The van der Waals surface area contributed by atoms with Crippen LogP contribution in [0.4, 0.5) is 5.69 Å². The van der Waals surface area contributed by atoms with Crippen molar-refractivity contribution in [1.82, 2.24) is 0 Å². The fourth-order valence-corrected chi connectivity index (χ4v) is 2.58. The highest BCUT2D eigenvalue weighted by Gasteiger charge is 2.10. The summed E-state index contributed by atoms with van der Waals surface area (Å²) in [6.45, 7) is 3.90. The van der Waals surface area contributed by atoms with E-state index in [0.717, 1.165) is 23.2 Å². The van der Waals surface area contributed by atoms with E-state index in [-0.39, 0.29) is 12.5 Å². The van der Waals surface area contributed by atoms with Gasteiger partial charge in [-0.2, -0.15) is 0 Å². The Morgan fingerprint density at radius 1 is 1.23 bits per heavy atom. The lowest BCUT2D eigenvalue weighted by Crippen LogP contribution is -2.21. The fraction of sp³-hybridized carbons (Fsp3) is 0.235.